The second kappa shape index (κ2) is 9.82. The topological polar surface area (TPSA) is 54.2 Å². The zero-order valence-corrected chi connectivity index (χ0v) is 19.1. The fourth-order valence-electron chi connectivity index (χ4n) is 2.26. The van der Waals surface area contributed by atoms with Gasteiger partial charge >= 0.3 is 0 Å². The summed E-state index contributed by atoms with van der Waals surface area (Å²) >= 11 is 4.19. The zero-order valence-electron chi connectivity index (χ0n) is 13.8. The molecular weight excluding hydrogens is 536 g/mol. The monoisotopic (exact) mass is 559 g/mol. The maximum absolute atomic E-state index is 4.44. The summed E-state index contributed by atoms with van der Waals surface area (Å²) in [6.07, 6.45) is 1.01. The van der Waals surface area contributed by atoms with Crippen LogP contribution in [0.15, 0.2) is 17.1 Å². The van der Waals surface area contributed by atoms with E-state index in [-0.39, 0.29) is 24.0 Å². The predicted molar refractivity (Wildman–Crippen MR) is 117 cm³/mol. The number of rotatable bonds is 5. The van der Waals surface area contributed by atoms with Gasteiger partial charge in [0.2, 0.25) is 0 Å². The second-order valence-corrected chi connectivity index (χ2v) is 8.14. The van der Waals surface area contributed by atoms with Crippen molar-refractivity contribution in [3.63, 3.8) is 0 Å². The lowest BCUT2D eigenvalue weighted by atomic mass is 10.2. The number of nitrogens with one attached hydrogen (secondary N) is 2. The lowest BCUT2D eigenvalue weighted by molar-refractivity contribution is 0.728. The molecule has 2 heterocycles. The molecule has 2 N–H and O–H groups in total. The van der Waals surface area contributed by atoms with E-state index in [0.29, 0.717) is 0 Å². The number of hydrogen-bond acceptors (Lipinski definition) is 3. The number of thiophene rings is 1. The summed E-state index contributed by atoms with van der Waals surface area (Å²) < 4.78 is 3.25. The maximum Gasteiger partial charge on any atom is 0.191 e. The molecule has 0 saturated heterocycles. The first kappa shape index (κ1) is 20.7. The number of aromatic nitrogens is 2. The summed E-state index contributed by atoms with van der Waals surface area (Å²) in [5.74, 6) is 0.828. The van der Waals surface area contributed by atoms with Gasteiger partial charge in [-0.1, -0.05) is 0 Å². The summed E-state index contributed by atoms with van der Waals surface area (Å²) in [5, 5.41) is 11.2. The first-order valence-electron chi connectivity index (χ1n) is 7.19. The minimum absolute atomic E-state index is 0. The van der Waals surface area contributed by atoms with E-state index in [9.17, 15) is 0 Å². The normalized spacial score (nSPS) is 11.3. The Kier molecular flexibility index (Phi) is 8.83. The predicted octanol–water partition coefficient (Wildman–Crippen LogP) is 3.23. The first-order chi connectivity index (χ1) is 10.5. The van der Waals surface area contributed by atoms with Gasteiger partial charge in [0.15, 0.2) is 5.96 Å². The van der Waals surface area contributed by atoms with E-state index in [0.717, 1.165) is 31.2 Å². The highest BCUT2D eigenvalue weighted by Crippen LogP contribution is 2.18. The number of nitrogens with zero attached hydrogens (tertiary/aromatic N) is 3. The van der Waals surface area contributed by atoms with E-state index in [1.807, 2.05) is 30.0 Å². The Labute approximate surface area is 172 Å². The van der Waals surface area contributed by atoms with Crippen molar-refractivity contribution >= 4 is 63.9 Å². The van der Waals surface area contributed by atoms with Crippen molar-refractivity contribution in [2.45, 2.75) is 26.8 Å². The van der Waals surface area contributed by atoms with Crippen molar-refractivity contribution < 1.29 is 0 Å². The average molecular weight is 559 g/mol. The van der Waals surface area contributed by atoms with Crippen molar-refractivity contribution in [1.82, 2.24) is 20.4 Å². The molecule has 23 heavy (non-hydrogen) atoms. The van der Waals surface area contributed by atoms with Crippen LogP contribution in [0.2, 0.25) is 0 Å². The highest BCUT2D eigenvalue weighted by atomic mass is 127. The highest BCUT2D eigenvalue weighted by molar-refractivity contribution is 14.1. The van der Waals surface area contributed by atoms with Gasteiger partial charge in [-0.05, 0) is 55.0 Å². The van der Waals surface area contributed by atoms with Crippen LogP contribution in [-0.2, 0) is 20.0 Å². The molecule has 0 amide bonds. The SMILES string of the molecule is CN=C(NCCc1ccc(I)s1)NCc1c(C)nn(C)c1C.I. The summed E-state index contributed by atoms with van der Waals surface area (Å²) in [5.41, 5.74) is 3.49. The minimum Gasteiger partial charge on any atom is -0.356 e. The minimum atomic E-state index is 0. The summed E-state index contributed by atoms with van der Waals surface area (Å²) in [6, 6.07) is 4.34. The number of halogens is 2. The quantitative estimate of drug-likeness (QED) is 0.336. The molecule has 128 valence electrons. The van der Waals surface area contributed by atoms with Crippen molar-refractivity contribution in [1.29, 1.82) is 0 Å². The fraction of sp³-hybridized carbons (Fsp3) is 0.467. The highest BCUT2D eigenvalue weighted by Gasteiger charge is 2.09. The molecule has 0 saturated carbocycles. The van der Waals surface area contributed by atoms with Gasteiger partial charge in [0.25, 0.3) is 0 Å². The van der Waals surface area contributed by atoms with Crippen LogP contribution in [0.5, 0.6) is 0 Å². The molecule has 0 radical (unpaired) electrons. The van der Waals surface area contributed by atoms with E-state index in [1.54, 1.807) is 7.05 Å². The van der Waals surface area contributed by atoms with Crippen LogP contribution in [-0.4, -0.2) is 29.3 Å². The lowest BCUT2D eigenvalue weighted by Crippen LogP contribution is -2.38. The molecule has 0 aliphatic rings. The Hall–Kier alpha value is -0.360. The van der Waals surface area contributed by atoms with Crippen LogP contribution in [0.3, 0.4) is 0 Å². The summed E-state index contributed by atoms with van der Waals surface area (Å²) in [7, 11) is 3.77. The molecule has 0 unspecified atom stereocenters. The molecule has 2 aromatic heterocycles. The van der Waals surface area contributed by atoms with E-state index in [4.69, 9.17) is 0 Å². The van der Waals surface area contributed by atoms with Crippen molar-refractivity contribution in [3.8, 4) is 0 Å². The van der Waals surface area contributed by atoms with Gasteiger partial charge < -0.3 is 10.6 Å². The number of hydrogen-bond donors (Lipinski definition) is 2. The molecule has 0 bridgehead atoms. The van der Waals surface area contributed by atoms with Gasteiger partial charge in [-0.3, -0.25) is 9.67 Å². The van der Waals surface area contributed by atoms with Crippen molar-refractivity contribution in [2.75, 3.05) is 13.6 Å². The number of aliphatic imine (C=N–C) groups is 1. The van der Waals surface area contributed by atoms with Crippen LogP contribution >= 0.6 is 57.9 Å². The first-order valence-corrected chi connectivity index (χ1v) is 9.08. The van der Waals surface area contributed by atoms with E-state index >= 15 is 0 Å². The molecule has 5 nitrogen and oxygen atoms in total. The van der Waals surface area contributed by atoms with Crippen LogP contribution in [0.25, 0.3) is 0 Å². The number of aryl methyl sites for hydroxylation is 2. The van der Waals surface area contributed by atoms with Crippen LogP contribution in [0.1, 0.15) is 21.8 Å². The Morgan fingerprint density at radius 1 is 1.35 bits per heavy atom. The second-order valence-electron chi connectivity index (χ2n) is 5.08. The molecule has 2 aromatic rings. The smallest absolute Gasteiger partial charge is 0.191 e. The Morgan fingerprint density at radius 2 is 2.09 bits per heavy atom. The Morgan fingerprint density at radius 3 is 2.61 bits per heavy atom. The maximum atomic E-state index is 4.44. The lowest BCUT2D eigenvalue weighted by Gasteiger charge is -2.11. The van der Waals surface area contributed by atoms with Gasteiger partial charge in [-0.2, -0.15) is 5.10 Å². The summed E-state index contributed by atoms with van der Waals surface area (Å²) in [6.45, 7) is 5.74. The van der Waals surface area contributed by atoms with Crippen LogP contribution < -0.4 is 10.6 Å². The van der Waals surface area contributed by atoms with Gasteiger partial charge in [0, 0.05) is 43.3 Å². The molecule has 8 heteroatoms. The van der Waals surface area contributed by atoms with Crippen LogP contribution in [0, 0.1) is 16.7 Å². The van der Waals surface area contributed by atoms with Gasteiger partial charge in [0.1, 0.15) is 0 Å². The summed E-state index contributed by atoms with van der Waals surface area (Å²) in [4.78, 5) is 5.67. The largest absolute Gasteiger partial charge is 0.356 e. The van der Waals surface area contributed by atoms with Crippen molar-refractivity contribution in [3.05, 3.63) is 36.8 Å². The number of guanidine groups is 1. The molecule has 0 spiro atoms. The molecule has 0 aliphatic heterocycles. The zero-order chi connectivity index (χ0) is 16.1. The van der Waals surface area contributed by atoms with E-state index in [1.165, 1.54) is 19.0 Å². The fourth-order valence-corrected chi connectivity index (χ4v) is 4.01. The average Bonchev–Trinajstić information content (AvgIpc) is 2.99. The van der Waals surface area contributed by atoms with E-state index in [2.05, 4.69) is 62.4 Å². The standard InChI is InChI=1S/C15H22IN5S.HI/c1-10-13(11(2)21(4)20-10)9-19-15(17-3)18-8-7-12-5-6-14(16)22-12;/h5-6H,7-9H2,1-4H3,(H2,17,18,19);1H. The third-order valence-electron chi connectivity index (χ3n) is 3.61. The molecule has 0 atom stereocenters. The third-order valence-corrected chi connectivity index (χ3v) is 5.56. The Bertz CT molecular complexity index is 663. The van der Waals surface area contributed by atoms with E-state index < -0.39 is 0 Å². The van der Waals surface area contributed by atoms with Crippen molar-refractivity contribution in [2.24, 2.45) is 12.0 Å². The van der Waals surface area contributed by atoms with Gasteiger partial charge in [0.05, 0.1) is 8.58 Å². The molecule has 2 rings (SSSR count). The third kappa shape index (κ3) is 5.89. The van der Waals surface area contributed by atoms with Gasteiger partial charge in [-0.25, -0.2) is 0 Å². The molecule has 0 aromatic carbocycles. The molecular formula is C15H23I2N5S. The molecule has 0 aliphatic carbocycles. The Balaban J connectivity index is 0.00000264. The van der Waals surface area contributed by atoms with Crippen LogP contribution in [0.4, 0.5) is 0 Å². The van der Waals surface area contributed by atoms with Gasteiger partial charge in [-0.15, -0.1) is 35.3 Å². The molecule has 0 fully saturated rings.